The highest BCUT2D eigenvalue weighted by Gasteiger charge is 2.12. The quantitative estimate of drug-likeness (QED) is 0.571. The number of hydrogen-bond donors (Lipinski definition) is 1. The SMILES string of the molecule is CCc1ccccc1C(=O)OC(N)=O. The Labute approximate surface area is 81.7 Å². The lowest BCUT2D eigenvalue weighted by Gasteiger charge is -2.04. The van der Waals surface area contributed by atoms with Crippen molar-refractivity contribution in [1.29, 1.82) is 0 Å². The minimum Gasteiger partial charge on any atom is -0.373 e. The van der Waals surface area contributed by atoms with Gasteiger partial charge in [-0.1, -0.05) is 25.1 Å². The summed E-state index contributed by atoms with van der Waals surface area (Å²) in [6.45, 7) is 1.91. The monoisotopic (exact) mass is 193 g/mol. The Morgan fingerprint density at radius 2 is 2.00 bits per heavy atom. The van der Waals surface area contributed by atoms with Crippen LogP contribution in [-0.4, -0.2) is 12.1 Å². The van der Waals surface area contributed by atoms with E-state index in [-0.39, 0.29) is 0 Å². The van der Waals surface area contributed by atoms with Crippen molar-refractivity contribution >= 4 is 12.1 Å². The minimum absolute atomic E-state index is 0.383. The lowest BCUT2D eigenvalue weighted by molar-refractivity contribution is 0.0637. The topological polar surface area (TPSA) is 69.4 Å². The van der Waals surface area contributed by atoms with Gasteiger partial charge in [-0.15, -0.1) is 0 Å². The normalized spacial score (nSPS) is 9.50. The van der Waals surface area contributed by atoms with E-state index in [4.69, 9.17) is 5.73 Å². The van der Waals surface area contributed by atoms with Gasteiger partial charge in [0.15, 0.2) is 0 Å². The molecule has 0 bridgehead atoms. The molecule has 74 valence electrons. The number of hydrogen-bond acceptors (Lipinski definition) is 3. The number of aryl methyl sites for hydroxylation is 1. The highest BCUT2D eigenvalue weighted by molar-refractivity contribution is 5.97. The Kier molecular flexibility index (Phi) is 3.23. The number of carbonyl (C=O) groups is 2. The minimum atomic E-state index is -1.08. The van der Waals surface area contributed by atoms with Crippen molar-refractivity contribution in [1.82, 2.24) is 0 Å². The van der Waals surface area contributed by atoms with Crippen molar-refractivity contribution in [3.8, 4) is 0 Å². The van der Waals surface area contributed by atoms with Gasteiger partial charge >= 0.3 is 12.1 Å². The third-order valence-corrected chi connectivity index (χ3v) is 1.81. The van der Waals surface area contributed by atoms with E-state index in [1.165, 1.54) is 0 Å². The van der Waals surface area contributed by atoms with Gasteiger partial charge in [0, 0.05) is 0 Å². The molecule has 0 aliphatic carbocycles. The van der Waals surface area contributed by atoms with Gasteiger partial charge in [0.2, 0.25) is 0 Å². The van der Waals surface area contributed by atoms with Crippen LogP contribution in [-0.2, 0) is 11.2 Å². The number of esters is 1. The van der Waals surface area contributed by atoms with Crippen molar-refractivity contribution in [2.24, 2.45) is 5.73 Å². The maximum atomic E-state index is 11.3. The van der Waals surface area contributed by atoms with Crippen LogP contribution in [0.1, 0.15) is 22.8 Å². The summed E-state index contributed by atoms with van der Waals surface area (Å²) in [6.07, 6.45) is -0.384. The van der Waals surface area contributed by atoms with Crippen LogP contribution in [0.4, 0.5) is 4.79 Å². The Morgan fingerprint density at radius 3 is 2.57 bits per heavy atom. The molecule has 0 aliphatic rings. The molecular weight excluding hydrogens is 182 g/mol. The van der Waals surface area contributed by atoms with Gasteiger partial charge < -0.3 is 10.5 Å². The molecule has 0 saturated heterocycles. The summed E-state index contributed by atoms with van der Waals surface area (Å²) in [4.78, 5) is 21.7. The summed E-state index contributed by atoms with van der Waals surface area (Å²) >= 11 is 0. The lowest BCUT2D eigenvalue weighted by Crippen LogP contribution is -2.19. The summed E-state index contributed by atoms with van der Waals surface area (Å²) in [7, 11) is 0. The molecule has 0 fully saturated rings. The summed E-state index contributed by atoms with van der Waals surface area (Å²) in [5.74, 6) is -0.699. The van der Waals surface area contributed by atoms with E-state index < -0.39 is 12.1 Å². The van der Waals surface area contributed by atoms with Gasteiger partial charge in [-0.25, -0.2) is 9.59 Å². The fourth-order valence-corrected chi connectivity index (χ4v) is 1.17. The van der Waals surface area contributed by atoms with E-state index in [1.54, 1.807) is 18.2 Å². The molecule has 4 heteroatoms. The zero-order valence-corrected chi connectivity index (χ0v) is 7.82. The predicted octanol–water partition coefficient (Wildman–Crippen LogP) is 1.48. The molecule has 0 aliphatic heterocycles. The van der Waals surface area contributed by atoms with Crippen LogP contribution in [0.5, 0.6) is 0 Å². The van der Waals surface area contributed by atoms with E-state index in [0.29, 0.717) is 12.0 Å². The molecule has 0 saturated carbocycles. The highest BCUT2D eigenvalue weighted by atomic mass is 16.6. The van der Waals surface area contributed by atoms with Crippen molar-refractivity contribution in [2.45, 2.75) is 13.3 Å². The zero-order chi connectivity index (χ0) is 10.6. The Morgan fingerprint density at radius 1 is 1.36 bits per heavy atom. The van der Waals surface area contributed by atoms with Gasteiger partial charge in [-0.2, -0.15) is 0 Å². The highest BCUT2D eigenvalue weighted by Crippen LogP contribution is 2.10. The fourth-order valence-electron chi connectivity index (χ4n) is 1.17. The van der Waals surface area contributed by atoms with Crippen LogP contribution < -0.4 is 5.73 Å². The number of rotatable bonds is 2. The number of carbonyl (C=O) groups excluding carboxylic acids is 2. The second kappa shape index (κ2) is 4.41. The third kappa shape index (κ3) is 2.32. The standard InChI is InChI=1S/C10H11NO3/c1-2-7-5-3-4-6-8(7)9(12)14-10(11)13/h3-6H,2H2,1H3,(H2,11,13). The smallest absolute Gasteiger partial charge is 0.373 e. The van der Waals surface area contributed by atoms with E-state index in [1.807, 2.05) is 13.0 Å². The number of ether oxygens (including phenoxy) is 1. The molecule has 1 aromatic carbocycles. The molecule has 2 N–H and O–H groups in total. The molecule has 4 nitrogen and oxygen atoms in total. The zero-order valence-electron chi connectivity index (χ0n) is 7.82. The van der Waals surface area contributed by atoms with Crippen molar-refractivity contribution in [3.05, 3.63) is 35.4 Å². The van der Waals surface area contributed by atoms with Gasteiger partial charge in [-0.05, 0) is 18.1 Å². The second-order valence-electron chi connectivity index (χ2n) is 2.72. The number of nitrogens with two attached hydrogens (primary N) is 1. The lowest BCUT2D eigenvalue weighted by atomic mass is 10.1. The van der Waals surface area contributed by atoms with Crippen molar-refractivity contribution in [2.75, 3.05) is 0 Å². The Bertz CT molecular complexity index is 360. The first-order chi connectivity index (χ1) is 6.65. The second-order valence-corrected chi connectivity index (χ2v) is 2.72. The summed E-state index contributed by atoms with van der Waals surface area (Å²) < 4.78 is 4.28. The number of primary amides is 1. The summed E-state index contributed by atoms with van der Waals surface area (Å²) in [5, 5.41) is 0. The van der Waals surface area contributed by atoms with Crippen LogP contribution >= 0.6 is 0 Å². The molecule has 0 heterocycles. The first kappa shape index (κ1) is 10.2. The maximum Gasteiger partial charge on any atom is 0.412 e. The average molecular weight is 193 g/mol. The van der Waals surface area contributed by atoms with Gasteiger partial charge in [0.25, 0.3) is 0 Å². The average Bonchev–Trinajstić information content (AvgIpc) is 2.16. The van der Waals surface area contributed by atoms with Gasteiger partial charge in [0.1, 0.15) is 0 Å². The molecule has 0 atom stereocenters. The van der Waals surface area contributed by atoms with Crippen LogP contribution in [0.25, 0.3) is 0 Å². The van der Waals surface area contributed by atoms with Crippen molar-refractivity contribution < 1.29 is 14.3 Å². The molecule has 1 rings (SSSR count). The van der Waals surface area contributed by atoms with Crippen LogP contribution in [0, 0.1) is 0 Å². The third-order valence-electron chi connectivity index (χ3n) is 1.81. The molecular formula is C10H11NO3. The van der Waals surface area contributed by atoms with E-state index in [9.17, 15) is 9.59 Å². The summed E-state index contributed by atoms with van der Waals surface area (Å²) in [6, 6.07) is 6.93. The van der Waals surface area contributed by atoms with Gasteiger partial charge in [-0.3, -0.25) is 0 Å². The molecule has 0 unspecified atom stereocenters. The molecule has 14 heavy (non-hydrogen) atoms. The first-order valence-electron chi connectivity index (χ1n) is 4.24. The first-order valence-corrected chi connectivity index (χ1v) is 4.24. The van der Waals surface area contributed by atoms with E-state index in [2.05, 4.69) is 4.74 Å². The van der Waals surface area contributed by atoms with Gasteiger partial charge in [0.05, 0.1) is 5.56 Å². The van der Waals surface area contributed by atoms with Crippen LogP contribution in [0.2, 0.25) is 0 Å². The van der Waals surface area contributed by atoms with Crippen molar-refractivity contribution in [3.63, 3.8) is 0 Å². The number of amides is 1. The molecule has 0 spiro atoms. The Balaban J connectivity index is 2.94. The number of benzene rings is 1. The Hall–Kier alpha value is -1.84. The predicted molar refractivity (Wildman–Crippen MR) is 50.8 cm³/mol. The van der Waals surface area contributed by atoms with E-state index >= 15 is 0 Å². The van der Waals surface area contributed by atoms with Crippen LogP contribution in [0.15, 0.2) is 24.3 Å². The molecule has 0 aromatic heterocycles. The molecule has 1 amide bonds. The van der Waals surface area contributed by atoms with Crippen LogP contribution in [0.3, 0.4) is 0 Å². The maximum absolute atomic E-state index is 11.3. The molecule has 1 aromatic rings. The fraction of sp³-hybridized carbons (Fsp3) is 0.200. The van der Waals surface area contributed by atoms with E-state index in [0.717, 1.165) is 5.56 Å². The largest absolute Gasteiger partial charge is 0.412 e. The molecule has 0 radical (unpaired) electrons. The summed E-state index contributed by atoms with van der Waals surface area (Å²) in [5.41, 5.74) is 5.96.